The molecule has 2 atom stereocenters. The van der Waals surface area contributed by atoms with Crippen molar-refractivity contribution in [3.05, 3.63) is 23.9 Å². The number of likely N-dealkylation sites (tertiary alicyclic amines) is 1. The van der Waals surface area contributed by atoms with E-state index in [2.05, 4.69) is 15.7 Å². The minimum atomic E-state index is -4.49. The number of aromatic nitrogens is 1. The summed E-state index contributed by atoms with van der Waals surface area (Å²) in [6.07, 6.45) is -4.28. The number of hydrogen-bond acceptors (Lipinski definition) is 5. The minimum absolute atomic E-state index is 0.00658. The standard InChI is InChI=1S/C12H16F3N5O2/c13-12(14,15)10(7-1-2-9(19-16)17-5-7)20-4-3-8(6-20)18-11(21)22/h1-2,5,8,10,18H,3-4,6,16H2,(H,17,19)(H,21,22)/t8-,10+/m1/s1. The molecule has 1 amide bonds. The lowest BCUT2D eigenvalue weighted by Gasteiger charge is -2.30. The number of rotatable bonds is 4. The van der Waals surface area contributed by atoms with Gasteiger partial charge in [0, 0.05) is 25.3 Å². The van der Waals surface area contributed by atoms with Gasteiger partial charge in [0.1, 0.15) is 11.9 Å². The molecule has 2 rings (SSSR count). The summed E-state index contributed by atoms with van der Waals surface area (Å²) in [7, 11) is 0. The van der Waals surface area contributed by atoms with Gasteiger partial charge in [0.2, 0.25) is 0 Å². The zero-order valence-electron chi connectivity index (χ0n) is 11.5. The van der Waals surface area contributed by atoms with Gasteiger partial charge in [-0.1, -0.05) is 6.07 Å². The maximum Gasteiger partial charge on any atom is 0.408 e. The molecule has 0 aliphatic carbocycles. The number of alkyl halides is 3. The molecule has 122 valence electrons. The molecule has 0 unspecified atom stereocenters. The number of amides is 1. The third-order valence-corrected chi connectivity index (χ3v) is 3.47. The van der Waals surface area contributed by atoms with Crippen LogP contribution in [-0.4, -0.2) is 46.4 Å². The highest BCUT2D eigenvalue weighted by molar-refractivity contribution is 5.64. The number of anilines is 1. The highest BCUT2D eigenvalue weighted by Gasteiger charge is 2.47. The van der Waals surface area contributed by atoms with Crippen molar-refractivity contribution < 1.29 is 23.1 Å². The van der Waals surface area contributed by atoms with Gasteiger partial charge in [-0.2, -0.15) is 13.2 Å². The molecule has 0 saturated carbocycles. The monoisotopic (exact) mass is 319 g/mol. The largest absolute Gasteiger partial charge is 0.465 e. The average molecular weight is 319 g/mol. The van der Waals surface area contributed by atoms with Crippen molar-refractivity contribution in [1.29, 1.82) is 0 Å². The summed E-state index contributed by atoms with van der Waals surface area (Å²) in [5.41, 5.74) is 2.24. The van der Waals surface area contributed by atoms with Crippen LogP contribution in [0.15, 0.2) is 18.3 Å². The van der Waals surface area contributed by atoms with E-state index < -0.39 is 24.4 Å². The number of nitrogens with one attached hydrogen (secondary N) is 2. The maximum atomic E-state index is 13.4. The van der Waals surface area contributed by atoms with Crippen molar-refractivity contribution in [3.63, 3.8) is 0 Å². The Bertz CT molecular complexity index is 522. The smallest absolute Gasteiger partial charge is 0.408 e. The molecule has 2 heterocycles. The van der Waals surface area contributed by atoms with E-state index in [1.54, 1.807) is 0 Å². The van der Waals surface area contributed by atoms with Crippen LogP contribution < -0.4 is 16.6 Å². The first-order valence-electron chi connectivity index (χ1n) is 6.54. The number of carboxylic acid groups (broad SMARTS) is 1. The predicted octanol–water partition coefficient (Wildman–Crippen LogP) is 1.31. The molecule has 0 aromatic carbocycles. The summed E-state index contributed by atoms with van der Waals surface area (Å²) in [5.74, 6) is 5.40. The molecule has 5 N–H and O–H groups in total. The summed E-state index contributed by atoms with van der Waals surface area (Å²) in [6.45, 7) is 0.138. The van der Waals surface area contributed by atoms with E-state index in [4.69, 9.17) is 10.9 Å². The van der Waals surface area contributed by atoms with E-state index in [0.29, 0.717) is 6.42 Å². The summed E-state index contributed by atoms with van der Waals surface area (Å²) < 4.78 is 40.1. The average Bonchev–Trinajstić information content (AvgIpc) is 2.85. The maximum absolute atomic E-state index is 13.4. The zero-order valence-corrected chi connectivity index (χ0v) is 11.5. The summed E-state index contributed by atoms with van der Waals surface area (Å²) in [5, 5.41) is 10.9. The highest BCUT2D eigenvalue weighted by atomic mass is 19.4. The summed E-state index contributed by atoms with van der Waals surface area (Å²) in [4.78, 5) is 15.6. The van der Waals surface area contributed by atoms with Crippen LogP contribution in [0.2, 0.25) is 0 Å². The van der Waals surface area contributed by atoms with Crippen molar-refractivity contribution in [2.24, 2.45) is 5.84 Å². The molecular weight excluding hydrogens is 303 g/mol. The van der Waals surface area contributed by atoms with E-state index in [1.165, 1.54) is 17.0 Å². The molecule has 10 heteroatoms. The molecular formula is C12H16F3N5O2. The van der Waals surface area contributed by atoms with E-state index >= 15 is 0 Å². The lowest BCUT2D eigenvalue weighted by Crippen LogP contribution is -2.40. The summed E-state index contributed by atoms with van der Waals surface area (Å²) >= 11 is 0. The van der Waals surface area contributed by atoms with Crippen molar-refractivity contribution >= 4 is 11.9 Å². The number of nitrogens with two attached hydrogens (primary N) is 1. The number of hydrazine groups is 1. The van der Waals surface area contributed by atoms with Crippen molar-refractivity contribution in [3.8, 4) is 0 Å². The van der Waals surface area contributed by atoms with Crippen LogP contribution in [0.3, 0.4) is 0 Å². The Labute approximate surface area is 124 Å². The molecule has 1 aromatic heterocycles. The third kappa shape index (κ3) is 3.77. The van der Waals surface area contributed by atoms with Gasteiger partial charge in [-0.25, -0.2) is 15.6 Å². The number of carbonyl (C=O) groups is 1. The van der Waals surface area contributed by atoms with Crippen molar-refractivity contribution in [2.45, 2.75) is 24.7 Å². The predicted molar refractivity (Wildman–Crippen MR) is 72.0 cm³/mol. The second-order valence-corrected chi connectivity index (χ2v) is 5.00. The molecule has 1 saturated heterocycles. The second-order valence-electron chi connectivity index (χ2n) is 5.00. The van der Waals surface area contributed by atoms with Crippen LogP contribution in [0.1, 0.15) is 18.0 Å². The van der Waals surface area contributed by atoms with Gasteiger partial charge < -0.3 is 15.8 Å². The Morgan fingerprint density at radius 1 is 1.50 bits per heavy atom. The molecule has 1 fully saturated rings. The van der Waals surface area contributed by atoms with Crippen LogP contribution in [0.5, 0.6) is 0 Å². The second kappa shape index (κ2) is 6.36. The van der Waals surface area contributed by atoms with Gasteiger partial charge in [-0.3, -0.25) is 4.90 Å². The molecule has 7 nitrogen and oxygen atoms in total. The van der Waals surface area contributed by atoms with Gasteiger partial charge in [0.15, 0.2) is 0 Å². The first-order chi connectivity index (χ1) is 10.3. The Morgan fingerprint density at radius 2 is 2.23 bits per heavy atom. The van der Waals surface area contributed by atoms with Crippen LogP contribution in [0.25, 0.3) is 0 Å². The quantitative estimate of drug-likeness (QED) is 0.493. The van der Waals surface area contributed by atoms with Gasteiger partial charge in [0.05, 0.1) is 0 Å². The zero-order chi connectivity index (χ0) is 16.3. The van der Waals surface area contributed by atoms with Gasteiger partial charge in [0.25, 0.3) is 0 Å². The SMILES string of the molecule is NNc1ccc([C@H](N2CC[C@@H](NC(=O)O)C2)C(F)(F)F)cn1. The number of hydrogen-bond donors (Lipinski definition) is 4. The highest BCUT2D eigenvalue weighted by Crippen LogP contribution is 2.39. The van der Waals surface area contributed by atoms with Gasteiger partial charge >= 0.3 is 12.3 Å². The van der Waals surface area contributed by atoms with Crippen molar-refractivity contribution in [1.82, 2.24) is 15.2 Å². The molecule has 1 aliphatic heterocycles. The first kappa shape index (κ1) is 16.3. The Kier molecular flexibility index (Phi) is 4.71. The van der Waals surface area contributed by atoms with Crippen LogP contribution in [-0.2, 0) is 0 Å². The normalized spacial score (nSPS) is 20.6. The van der Waals surface area contributed by atoms with E-state index in [-0.39, 0.29) is 24.5 Å². The molecule has 22 heavy (non-hydrogen) atoms. The summed E-state index contributed by atoms with van der Waals surface area (Å²) in [6, 6.07) is 0.322. The lowest BCUT2D eigenvalue weighted by atomic mass is 10.1. The van der Waals surface area contributed by atoms with Crippen LogP contribution >= 0.6 is 0 Å². The Morgan fingerprint density at radius 3 is 2.73 bits per heavy atom. The number of halogens is 3. The third-order valence-electron chi connectivity index (χ3n) is 3.47. The van der Waals surface area contributed by atoms with Crippen LogP contribution in [0.4, 0.5) is 23.8 Å². The Hall–Kier alpha value is -2.07. The van der Waals surface area contributed by atoms with Gasteiger partial charge in [-0.05, 0) is 18.1 Å². The first-order valence-corrected chi connectivity index (χ1v) is 6.54. The van der Waals surface area contributed by atoms with E-state index in [0.717, 1.165) is 6.20 Å². The fourth-order valence-electron chi connectivity index (χ4n) is 2.57. The fraction of sp³-hybridized carbons (Fsp3) is 0.500. The molecule has 1 aliphatic rings. The minimum Gasteiger partial charge on any atom is -0.465 e. The fourth-order valence-corrected chi connectivity index (χ4v) is 2.57. The van der Waals surface area contributed by atoms with Crippen LogP contribution in [0, 0.1) is 0 Å². The molecule has 1 aromatic rings. The number of nitrogens with zero attached hydrogens (tertiary/aromatic N) is 2. The van der Waals surface area contributed by atoms with E-state index in [1.807, 2.05) is 0 Å². The molecule has 0 bridgehead atoms. The number of nitrogen functional groups attached to an aromatic ring is 1. The molecule has 0 spiro atoms. The van der Waals surface area contributed by atoms with Gasteiger partial charge in [-0.15, -0.1) is 0 Å². The number of pyridine rings is 1. The van der Waals surface area contributed by atoms with Crippen molar-refractivity contribution in [2.75, 3.05) is 18.5 Å². The van der Waals surface area contributed by atoms with E-state index in [9.17, 15) is 18.0 Å². The topological polar surface area (TPSA) is 104 Å². The Balaban J connectivity index is 2.18. The lowest BCUT2D eigenvalue weighted by molar-refractivity contribution is -0.183. The molecule has 0 radical (unpaired) electrons.